The Labute approximate surface area is 160 Å². The van der Waals surface area contributed by atoms with E-state index in [1.165, 1.54) is 17.0 Å². The summed E-state index contributed by atoms with van der Waals surface area (Å²) >= 11 is 12.4. The van der Waals surface area contributed by atoms with Crippen LogP contribution in [-0.2, 0) is 11.2 Å². The minimum absolute atomic E-state index is 0.141. The molecular formula is C19H17Cl2F2NO2. The first-order valence-electron chi connectivity index (χ1n) is 8.14. The van der Waals surface area contributed by atoms with Gasteiger partial charge in [0.2, 0.25) is 5.91 Å². The Hall–Kier alpha value is -1.69. The van der Waals surface area contributed by atoms with Gasteiger partial charge in [-0.05, 0) is 36.6 Å². The molecule has 2 aromatic rings. The van der Waals surface area contributed by atoms with Crippen LogP contribution in [0.1, 0.15) is 18.4 Å². The fraction of sp³-hybridized carbons (Fsp3) is 0.316. The van der Waals surface area contributed by atoms with E-state index in [4.69, 9.17) is 23.2 Å². The first-order valence-corrected chi connectivity index (χ1v) is 8.90. The molecule has 1 unspecified atom stereocenters. The summed E-state index contributed by atoms with van der Waals surface area (Å²) in [6.45, 7) is -0.113. The SMILES string of the molecule is O=C1CCC(CO)(Cc2ccc(F)cc2F)CN1c1c(Cl)cccc1Cl. The third-order valence-corrected chi connectivity index (χ3v) is 5.40. The lowest BCUT2D eigenvalue weighted by molar-refractivity contribution is -0.121. The molecule has 138 valence electrons. The van der Waals surface area contributed by atoms with Gasteiger partial charge in [0.05, 0.1) is 22.3 Å². The number of hydrogen-bond acceptors (Lipinski definition) is 2. The number of piperidine rings is 1. The quantitative estimate of drug-likeness (QED) is 0.814. The minimum atomic E-state index is -0.769. The van der Waals surface area contributed by atoms with E-state index in [1.54, 1.807) is 18.2 Å². The maximum atomic E-state index is 14.1. The van der Waals surface area contributed by atoms with E-state index in [0.29, 0.717) is 27.7 Å². The number of hydrogen-bond donors (Lipinski definition) is 1. The Morgan fingerprint density at radius 2 is 1.85 bits per heavy atom. The van der Waals surface area contributed by atoms with E-state index >= 15 is 0 Å². The van der Waals surface area contributed by atoms with Crippen LogP contribution in [0.5, 0.6) is 0 Å². The second kappa shape index (κ2) is 7.51. The van der Waals surface area contributed by atoms with E-state index in [-0.39, 0.29) is 31.9 Å². The lowest BCUT2D eigenvalue weighted by atomic mass is 9.75. The molecule has 1 fully saturated rings. The monoisotopic (exact) mass is 399 g/mol. The molecule has 7 heteroatoms. The van der Waals surface area contributed by atoms with Crippen molar-refractivity contribution in [2.45, 2.75) is 19.3 Å². The van der Waals surface area contributed by atoms with Crippen LogP contribution in [0.25, 0.3) is 0 Å². The number of benzene rings is 2. The third-order valence-electron chi connectivity index (χ3n) is 4.79. The van der Waals surface area contributed by atoms with Crippen molar-refractivity contribution in [3.8, 4) is 0 Å². The zero-order chi connectivity index (χ0) is 18.9. The predicted molar refractivity (Wildman–Crippen MR) is 97.6 cm³/mol. The molecule has 3 rings (SSSR count). The Morgan fingerprint density at radius 1 is 1.15 bits per heavy atom. The molecule has 1 aliphatic heterocycles. The lowest BCUT2D eigenvalue weighted by Gasteiger charge is -2.42. The number of nitrogens with zero attached hydrogens (tertiary/aromatic N) is 1. The highest BCUT2D eigenvalue weighted by atomic mass is 35.5. The smallest absolute Gasteiger partial charge is 0.227 e. The first-order chi connectivity index (χ1) is 12.3. The number of rotatable bonds is 4. The van der Waals surface area contributed by atoms with Gasteiger partial charge in [0.1, 0.15) is 11.6 Å². The number of para-hydroxylation sites is 1. The van der Waals surface area contributed by atoms with Gasteiger partial charge < -0.3 is 10.0 Å². The fourth-order valence-corrected chi connectivity index (χ4v) is 3.96. The number of aliphatic hydroxyl groups excluding tert-OH is 1. The molecule has 1 aliphatic rings. The highest BCUT2D eigenvalue weighted by Gasteiger charge is 2.40. The number of anilines is 1. The van der Waals surface area contributed by atoms with Crippen molar-refractivity contribution in [3.63, 3.8) is 0 Å². The average Bonchev–Trinajstić information content (AvgIpc) is 2.60. The van der Waals surface area contributed by atoms with Gasteiger partial charge in [-0.2, -0.15) is 0 Å². The molecule has 0 radical (unpaired) electrons. The third kappa shape index (κ3) is 3.70. The predicted octanol–water partition coefficient (Wildman–Crippen LogP) is 4.62. The summed E-state index contributed by atoms with van der Waals surface area (Å²) in [5.41, 5.74) is -0.0901. The molecule has 3 nitrogen and oxygen atoms in total. The summed E-state index contributed by atoms with van der Waals surface area (Å²) < 4.78 is 27.2. The van der Waals surface area contributed by atoms with Gasteiger partial charge in [-0.1, -0.05) is 35.3 Å². The Balaban J connectivity index is 1.94. The van der Waals surface area contributed by atoms with Crippen molar-refractivity contribution in [1.82, 2.24) is 0 Å². The lowest BCUT2D eigenvalue weighted by Crippen LogP contribution is -2.50. The van der Waals surface area contributed by atoms with Crippen LogP contribution in [0.15, 0.2) is 36.4 Å². The Kier molecular flexibility index (Phi) is 5.51. The van der Waals surface area contributed by atoms with Crippen LogP contribution in [0.4, 0.5) is 14.5 Å². The molecule has 0 spiro atoms. The van der Waals surface area contributed by atoms with Crippen molar-refractivity contribution in [1.29, 1.82) is 0 Å². The molecule has 26 heavy (non-hydrogen) atoms. The first kappa shape index (κ1) is 19.1. The summed E-state index contributed by atoms with van der Waals surface area (Å²) in [5.74, 6) is -1.49. The topological polar surface area (TPSA) is 40.5 Å². The molecule has 0 bridgehead atoms. The number of aliphatic hydroxyl groups is 1. The molecule has 0 saturated carbocycles. The van der Waals surface area contributed by atoms with Crippen LogP contribution in [0.2, 0.25) is 10.0 Å². The molecular weight excluding hydrogens is 383 g/mol. The number of carbonyl (C=O) groups excluding carboxylic acids is 1. The summed E-state index contributed by atoms with van der Waals surface area (Å²) in [6.07, 6.45) is 0.726. The Bertz CT molecular complexity index is 826. The zero-order valence-corrected chi connectivity index (χ0v) is 15.3. The Morgan fingerprint density at radius 3 is 2.46 bits per heavy atom. The van der Waals surface area contributed by atoms with Gasteiger partial charge in [-0.15, -0.1) is 0 Å². The number of carbonyl (C=O) groups is 1. The average molecular weight is 400 g/mol. The van der Waals surface area contributed by atoms with Crippen LogP contribution >= 0.6 is 23.2 Å². The van der Waals surface area contributed by atoms with Crippen molar-refractivity contribution in [2.75, 3.05) is 18.1 Å². The zero-order valence-electron chi connectivity index (χ0n) is 13.8. The van der Waals surface area contributed by atoms with Gasteiger partial charge >= 0.3 is 0 Å². The van der Waals surface area contributed by atoms with E-state index in [0.717, 1.165) is 6.07 Å². The maximum Gasteiger partial charge on any atom is 0.227 e. The van der Waals surface area contributed by atoms with Crippen LogP contribution in [-0.4, -0.2) is 24.2 Å². The normalized spacial score (nSPS) is 20.5. The second-order valence-electron chi connectivity index (χ2n) is 6.62. The molecule has 1 saturated heterocycles. The summed E-state index contributed by atoms with van der Waals surface area (Å²) in [6, 6.07) is 8.30. The molecule has 1 amide bonds. The van der Waals surface area contributed by atoms with Crippen molar-refractivity contribution < 1.29 is 18.7 Å². The van der Waals surface area contributed by atoms with E-state index in [2.05, 4.69) is 0 Å². The van der Waals surface area contributed by atoms with Crippen LogP contribution in [0.3, 0.4) is 0 Å². The highest BCUT2D eigenvalue weighted by molar-refractivity contribution is 6.39. The van der Waals surface area contributed by atoms with E-state index < -0.39 is 17.0 Å². The summed E-state index contributed by atoms with van der Waals surface area (Å²) in [7, 11) is 0. The van der Waals surface area contributed by atoms with Gasteiger partial charge in [-0.25, -0.2) is 8.78 Å². The number of halogens is 4. The molecule has 0 aliphatic carbocycles. The van der Waals surface area contributed by atoms with Crippen molar-refractivity contribution in [2.24, 2.45) is 5.41 Å². The fourth-order valence-electron chi connectivity index (χ4n) is 3.36. The molecule has 1 heterocycles. The van der Waals surface area contributed by atoms with E-state index in [9.17, 15) is 18.7 Å². The molecule has 1 N–H and O–H groups in total. The minimum Gasteiger partial charge on any atom is -0.396 e. The molecule has 0 aromatic heterocycles. The highest BCUT2D eigenvalue weighted by Crippen LogP contribution is 2.41. The number of amides is 1. The van der Waals surface area contributed by atoms with Gasteiger partial charge in [-0.3, -0.25) is 4.79 Å². The van der Waals surface area contributed by atoms with Crippen LogP contribution < -0.4 is 4.90 Å². The molecule has 2 aromatic carbocycles. The largest absolute Gasteiger partial charge is 0.396 e. The molecule has 1 atom stereocenters. The second-order valence-corrected chi connectivity index (χ2v) is 7.44. The van der Waals surface area contributed by atoms with Gasteiger partial charge in [0.25, 0.3) is 0 Å². The van der Waals surface area contributed by atoms with Gasteiger partial charge in [0.15, 0.2) is 0 Å². The van der Waals surface area contributed by atoms with Crippen molar-refractivity contribution >= 4 is 34.8 Å². The van der Waals surface area contributed by atoms with E-state index in [1.807, 2.05) is 0 Å². The maximum absolute atomic E-state index is 14.1. The standard InChI is InChI=1S/C19H17Cl2F2NO2/c20-14-2-1-3-15(21)18(14)24-10-19(11-25,7-6-17(24)26)9-12-4-5-13(22)8-16(12)23/h1-5,8,25H,6-7,9-11H2. The van der Waals surface area contributed by atoms with Crippen molar-refractivity contribution in [3.05, 3.63) is 63.6 Å². The van der Waals surface area contributed by atoms with Gasteiger partial charge in [0, 0.05) is 24.4 Å². The summed E-state index contributed by atoms with van der Waals surface area (Å²) in [4.78, 5) is 13.9. The van der Waals surface area contributed by atoms with Crippen LogP contribution in [0, 0.1) is 17.0 Å². The summed E-state index contributed by atoms with van der Waals surface area (Å²) in [5, 5.41) is 10.7.